The highest BCUT2D eigenvalue weighted by molar-refractivity contribution is 5.70. The molecule has 17 heavy (non-hydrogen) atoms. The maximum atomic E-state index is 10.8. The zero-order valence-corrected chi connectivity index (χ0v) is 11.0. The van der Waals surface area contributed by atoms with Crippen LogP contribution in [0.25, 0.3) is 0 Å². The van der Waals surface area contributed by atoms with Gasteiger partial charge in [-0.05, 0) is 6.42 Å². The van der Waals surface area contributed by atoms with Crippen LogP contribution in [-0.4, -0.2) is 11.1 Å². The Morgan fingerprint density at radius 1 is 1.12 bits per heavy atom. The molecule has 0 aliphatic carbocycles. The summed E-state index contributed by atoms with van der Waals surface area (Å²) in [6.07, 6.45) is 10.5. The van der Waals surface area contributed by atoms with Gasteiger partial charge in [-0.15, -0.1) is 0 Å². The molecule has 0 aliphatic rings. The van der Waals surface area contributed by atoms with Crippen molar-refractivity contribution >= 4 is 5.97 Å². The first-order valence-electron chi connectivity index (χ1n) is 6.82. The minimum atomic E-state index is -0.825. The number of hydrogen-bond acceptors (Lipinski definition) is 2. The summed E-state index contributed by atoms with van der Waals surface area (Å²) in [5.74, 6) is -1.28. The van der Waals surface area contributed by atoms with E-state index < -0.39 is 11.9 Å². The van der Waals surface area contributed by atoms with E-state index in [2.05, 4.69) is 6.92 Å². The van der Waals surface area contributed by atoms with Crippen LogP contribution in [0.3, 0.4) is 0 Å². The Hall–Kier alpha value is -1.04. The van der Waals surface area contributed by atoms with Crippen LogP contribution in [0.15, 0.2) is 0 Å². The predicted molar refractivity (Wildman–Crippen MR) is 68.6 cm³/mol. The summed E-state index contributed by atoms with van der Waals surface area (Å²) in [6, 6.07) is 1.94. The number of unbranched alkanes of at least 4 members (excludes halogenated alkanes) is 7. The van der Waals surface area contributed by atoms with E-state index in [0.717, 1.165) is 12.8 Å². The molecule has 1 unspecified atom stereocenters. The zero-order valence-electron chi connectivity index (χ0n) is 11.0. The Labute approximate surface area is 105 Å². The molecule has 0 amide bonds. The molecule has 3 nitrogen and oxygen atoms in total. The molecular formula is C14H25NO2. The van der Waals surface area contributed by atoms with E-state index in [-0.39, 0.29) is 6.42 Å². The number of carbonyl (C=O) groups is 1. The van der Waals surface area contributed by atoms with Crippen LogP contribution in [0.1, 0.15) is 71.1 Å². The van der Waals surface area contributed by atoms with Crippen LogP contribution in [0.5, 0.6) is 0 Å². The first-order valence-corrected chi connectivity index (χ1v) is 6.82. The molecule has 0 saturated carbocycles. The normalized spacial score (nSPS) is 12.0. The Balaban J connectivity index is 3.37. The van der Waals surface area contributed by atoms with E-state index in [9.17, 15) is 4.79 Å². The second-order valence-corrected chi connectivity index (χ2v) is 4.66. The van der Waals surface area contributed by atoms with Gasteiger partial charge in [0.15, 0.2) is 0 Å². The highest BCUT2D eigenvalue weighted by Gasteiger charge is 2.15. The monoisotopic (exact) mass is 239 g/mol. The fourth-order valence-corrected chi connectivity index (χ4v) is 1.95. The van der Waals surface area contributed by atoms with Crippen molar-refractivity contribution in [2.75, 3.05) is 0 Å². The summed E-state index contributed by atoms with van der Waals surface area (Å²) < 4.78 is 0. The van der Waals surface area contributed by atoms with Crippen molar-refractivity contribution in [3.05, 3.63) is 0 Å². The Morgan fingerprint density at radius 3 is 2.12 bits per heavy atom. The second kappa shape index (κ2) is 11.4. The van der Waals surface area contributed by atoms with Crippen molar-refractivity contribution in [3.63, 3.8) is 0 Å². The summed E-state index contributed by atoms with van der Waals surface area (Å²) in [6.45, 7) is 2.21. The van der Waals surface area contributed by atoms with Crippen LogP contribution in [-0.2, 0) is 4.79 Å². The number of carboxylic acid groups (broad SMARTS) is 1. The van der Waals surface area contributed by atoms with Crippen LogP contribution < -0.4 is 0 Å². The molecule has 0 spiro atoms. The lowest BCUT2D eigenvalue weighted by atomic mass is 9.98. The fourth-order valence-electron chi connectivity index (χ4n) is 1.95. The van der Waals surface area contributed by atoms with Gasteiger partial charge < -0.3 is 5.11 Å². The average Bonchev–Trinajstić information content (AvgIpc) is 2.31. The molecule has 98 valence electrons. The molecule has 0 saturated heterocycles. The predicted octanol–water partition coefficient (Wildman–Crippen LogP) is 4.13. The summed E-state index contributed by atoms with van der Waals surface area (Å²) in [5, 5.41) is 17.3. The smallest absolute Gasteiger partial charge is 0.307 e. The van der Waals surface area contributed by atoms with Crippen LogP contribution in [0.4, 0.5) is 0 Å². The van der Waals surface area contributed by atoms with Gasteiger partial charge >= 0.3 is 5.97 Å². The molecule has 0 aromatic carbocycles. The SMILES string of the molecule is CCCCCCCCCCC(CC#N)C(=O)O. The Morgan fingerprint density at radius 2 is 1.65 bits per heavy atom. The fraction of sp³-hybridized carbons (Fsp3) is 0.857. The molecule has 0 aliphatic heterocycles. The van der Waals surface area contributed by atoms with E-state index >= 15 is 0 Å². The number of nitriles is 1. The van der Waals surface area contributed by atoms with Crippen LogP contribution >= 0.6 is 0 Å². The number of nitrogens with zero attached hydrogens (tertiary/aromatic N) is 1. The van der Waals surface area contributed by atoms with Gasteiger partial charge in [-0.3, -0.25) is 4.79 Å². The van der Waals surface area contributed by atoms with Crippen molar-refractivity contribution in [3.8, 4) is 6.07 Å². The van der Waals surface area contributed by atoms with Crippen molar-refractivity contribution in [1.82, 2.24) is 0 Å². The molecule has 0 radical (unpaired) electrons. The number of hydrogen-bond donors (Lipinski definition) is 1. The minimum Gasteiger partial charge on any atom is -0.481 e. The summed E-state index contributed by atoms with van der Waals surface area (Å²) >= 11 is 0. The van der Waals surface area contributed by atoms with Gasteiger partial charge in [0.1, 0.15) is 0 Å². The highest BCUT2D eigenvalue weighted by Crippen LogP contribution is 2.15. The molecule has 0 rings (SSSR count). The molecule has 0 aromatic rings. The highest BCUT2D eigenvalue weighted by atomic mass is 16.4. The first kappa shape index (κ1) is 16.0. The molecule has 1 N–H and O–H groups in total. The van der Waals surface area contributed by atoms with Gasteiger partial charge in [-0.25, -0.2) is 0 Å². The van der Waals surface area contributed by atoms with E-state index in [1.807, 2.05) is 6.07 Å². The lowest BCUT2D eigenvalue weighted by molar-refractivity contribution is -0.141. The summed E-state index contributed by atoms with van der Waals surface area (Å²) in [4.78, 5) is 10.8. The van der Waals surface area contributed by atoms with Crippen molar-refractivity contribution in [1.29, 1.82) is 5.26 Å². The molecule has 1 atom stereocenters. The van der Waals surface area contributed by atoms with Gasteiger partial charge in [0, 0.05) is 6.42 Å². The third-order valence-corrected chi connectivity index (χ3v) is 3.09. The van der Waals surface area contributed by atoms with Gasteiger partial charge in [0.05, 0.1) is 12.0 Å². The lowest BCUT2D eigenvalue weighted by Crippen LogP contribution is -2.12. The van der Waals surface area contributed by atoms with Gasteiger partial charge in [-0.2, -0.15) is 5.26 Å². The summed E-state index contributed by atoms with van der Waals surface area (Å²) in [7, 11) is 0. The van der Waals surface area contributed by atoms with Crippen LogP contribution in [0, 0.1) is 17.2 Å². The Bertz CT molecular complexity index is 233. The number of carboxylic acids is 1. The average molecular weight is 239 g/mol. The second-order valence-electron chi connectivity index (χ2n) is 4.66. The Kier molecular flexibility index (Phi) is 10.7. The zero-order chi connectivity index (χ0) is 12.9. The molecule has 0 bridgehead atoms. The number of aliphatic carboxylic acids is 1. The van der Waals surface area contributed by atoms with Crippen molar-refractivity contribution < 1.29 is 9.90 Å². The third kappa shape index (κ3) is 9.86. The van der Waals surface area contributed by atoms with E-state index in [0.29, 0.717) is 6.42 Å². The maximum Gasteiger partial charge on any atom is 0.307 e. The maximum absolute atomic E-state index is 10.8. The number of rotatable bonds is 11. The standard InChI is InChI=1S/C14H25NO2/c1-2-3-4-5-6-7-8-9-10-13(11-12-15)14(16)17/h13H,2-11H2,1H3,(H,16,17). The summed E-state index contributed by atoms with van der Waals surface area (Å²) in [5.41, 5.74) is 0. The largest absolute Gasteiger partial charge is 0.481 e. The van der Waals surface area contributed by atoms with E-state index in [1.165, 1.54) is 38.5 Å². The lowest BCUT2D eigenvalue weighted by Gasteiger charge is -2.07. The molecule has 0 fully saturated rings. The molecule has 0 heterocycles. The van der Waals surface area contributed by atoms with Gasteiger partial charge in [0.25, 0.3) is 0 Å². The van der Waals surface area contributed by atoms with E-state index in [1.54, 1.807) is 0 Å². The molecular weight excluding hydrogens is 214 g/mol. The van der Waals surface area contributed by atoms with Crippen molar-refractivity contribution in [2.24, 2.45) is 5.92 Å². The minimum absolute atomic E-state index is 0.145. The molecule has 3 heteroatoms. The first-order chi connectivity index (χ1) is 8.22. The molecule has 0 aromatic heterocycles. The van der Waals surface area contributed by atoms with Gasteiger partial charge in [-0.1, -0.05) is 58.3 Å². The topological polar surface area (TPSA) is 61.1 Å². The van der Waals surface area contributed by atoms with Gasteiger partial charge in [0.2, 0.25) is 0 Å². The quantitative estimate of drug-likeness (QED) is 0.551. The van der Waals surface area contributed by atoms with Crippen LogP contribution in [0.2, 0.25) is 0 Å². The third-order valence-electron chi connectivity index (χ3n) is 3.09. The van der Waals surface area contributed by atoms with E-state index in [4.69, 9.17) is 10.4 Å². The van der Waals surface area contributed by atoms with Crippen molar-refractivity contribution in [2.45, 2.75) is 71.1 Å².